The van der Waals surface area contributed by atoms with Crippen LogP contribution >= 0.6 is 11.6 Å². The van der Waals surface area contributed by atoms with Gasteiger partial charge in [0.2, 0.25) is 11.8 Å². The Labute approximate surface area is 254 Å². The highest BCUT2D eigenvalue weighted by molar-refractivity contribution is 6.37. The first kappa shape index (κ1) is 28.8. The minimum Gasteiger partial charge on any atom is -0.475 e. The van der Waals surface area contributed by atoms with Crippen LogP contribution in [0.25, 0.3) is 5.57 Å². The number of rotatable bonds is 5. The molecule has 2 unspecified atom stereocenters. The van der Waals surface area contributed by atoms with Gasteiger partial charge in [0.15, 0.2) is 0 Å². The average Bonchev–Trinajstić information content (AvgIpc) is 3.42. The number of benzene rings is 1. The normalized spacial score (nSPS) is 27.8. The average molecular weight is 586 g/mol. The highest BCUT2D eigenvalue weighted by Gasteiger charge is 2.41. The lowest BCUT2D eigenvalue weighted by Gasteiger charge is -2.46. The molecule has 0 N–H and O–H groups in total. The first-order valence-electron chi connectivity index (χ1n) is 15.3. The van der Waals surface area contributed by atoms with Crippen molar-refractivity contribution < 1.29 is 9.53 Å². The first-order valence-corrected chi connectivity index (χ1v) is 15.7. The van der Waals surface area contributed by atoms with Gasteiger partial charge < -0.3 is 19.4 Å². The third kappa shape index (κ3) is 5.31. The first-order chi connectivity index (χ1) is 20.4. The van der Waals surface area contributed by atoms with Crippen LogP contribution in [0.1, 0.15) is 49.3 Å². The van der Waals surface area contributed by atoms with E-state index in [0.29, 0.717) is 48.8 Å². The van der Waals surface area contributed by atoms with Gasteiger partial charge in [0.1, 0.15) is 18.2 Å². The van der Waals surface area contributed by atoms with Gasteiger partial charge in [0.05, 0.1) is 6.04 Å². The number of likely N-dealkylation sites (tertiary alicyclic amines) is 1. The molecule has 5 aliphatic rings. The van der Waals surface area contributed by atoms with Gasteiger partial charge in [0, 0.05) is 48.4 Å². The second-order valence-electron chi connectivity index (χ2n) is 12.2. The van der Waals surface area contributed by atoms with E-state index in [1.54, 1.807) is 0 Å². The molecule has 7 nitrogen and oxygen atoms in total. The van der Waals surface area contributed by atoms with Crippen LogP contribution in [0.4, 0.5) is 0 Å². The number of nitrogens with zero attached hydrogens (tertiary/aromatic N) is 5. The number of dihydropyridines is 1. The molecule has 1 aromatic carbocycles. The molecular formula is C34H40ClN5O2. The van der Waals surface area contributed by atoms with Crippen molar-refractivity contribution in [3.8, 4) is 6.07 Å². The summed E-state index contributed by atoms with van der Waals surface area (Å²) in [4.78, 5) is 23.9. The molecular weight excluding hydrogens is 546 g/mol. The van der Waals surface area contributed by atoms with Gasteiger partial charge in [-0.25, -0.2) is 4.99 Å². The summed E-state index contributed by atoms with van der Waals surface area (Å²) in [6.45, 7) is 9.04. The number of aliphatic imine (C=N–C) groups is 1. The number of hydrogen-bond donors (Lipinski definition) is 0. The summed E-state index contributed by atoms with van der Waals surface area (Å²) in [6.07, 6.45) is 12.5. The summed E-state index contributed by atoms with van der Waals surface area (Å²) in [5.41, 5.74) is 6.39. The number of hydrogen-bond acceptors (Lipinski definition) is 6. The van der Waals surface area contributed by atoms with Gasteiger partial charge in [-0.2, -0.15) is 5.26 Å². The molecule has 3 aliphatic heterocycles. The Morgan fingerprint density at radius 2 is 2.05 bits per heavy atom. The van der Waals surface area contributed by atoms with Crippen LogP contribution in [0.2, 0.25) is 0 Å². The molecule has 0 spiro atoms. The Morgan fingerprint density at radius 3 is 2.79 bits per heavy atom. The number of fused-ring (bicyclic) bond motifs is 2. The minimum absolute atomic E-state index is 0.000611. The van der Waals surface area contributed by atoms with E-state index in [1.165, 1.54) is 35.6 Å². The molecule has 1 amide bonds. The topological polar surface area (TPSA) is 72.2 Å². The number of allylic oxidation sites excluding steroid dienone is 2. The van der Waals surface area contributed by atoms with Gasteiger partial charge in [-0.1, -0.05) is 42.5 Å². The van der Waals surface area contributed by atoms with Crippen LogP contribution < -0.4 is 0 Å². The van der Waals surface area contributed by atoms with E-state index < -0.39 is 0 Å². The van der Waals surface area contributed by atoms with Crippen molar-refractivity contribution in [1.29, 1.82) is 5.26 Å². The van der Waals surface area contributed by atoms with Crippen molar-refractivity contribution in [2.75, 3.05) is 39.8 Å². The van der Waals surface area contributed by atoms with E-state index in [2.05, 4.69) is 66.8 Å². The zero-order chi connectivity index (χ0) is 29.4. The molecule has 0 saturated carbocycles. The predicted octanol–water partition coefficient (Wildman–Crippen LogP) is 5.09. The van der Waals surface area contributed by atoms with E-state index in [1.807, 2.05) is 4.90 Å². The lowest BCUT2D eigenvalue weighted by molar-refractivity contribution is -0.128. The summed E-state index contributed by atoms with van der Waals surface area (Å²) in [5, 5.41) is 11.2. The van der Waals surface area contributed by atoms with E-state index in [4.69, 9.17) is 21.3 Å². The number of carbonyl (C=O) groups excluding carboxylic acids is 1. The molecule has 2 saturated heterocycles. The molecule has 2 aliphatic carbocycles. The standard InChI is InChI=1S/C34H40ClN5O2/c1-4-32(41)39-15-16-40(22(2)20-39)33-28-17-30(35)27(26-13-7-10-23-9-5-6-12-25(23)26)18-31(28)37-34(29(33)19-36)42-21-24-11-8-14-38(24)3/h4,7,10,13,17-18,22,24,28,31H,1,5-6,8-9,11-12,14-16,20-21H2,2-3H3/t22-,24-,28?,31?/m0/s1. The molecule has 0 radical (unpaired) electrons. The van der Waals surface area contributed by atoms with Gasteiger partial charge >= 0.3 is 0 Å². The van der Waals surface area contributed by atoms with Crippen LogP contribution in [0.3, 0.4) is 0 Å². The number of carbonyl (C=O) groups is 1. The maximum atomic E-state index is 12.4. The lowest BCUT2D eigenvalue weighted by atomic mass is 9.80. The van der Waals surface area contributed by atoms with E-state index in [0.717, 1.165) is 43.5 Å². The van der Waals surface area contributed by atoms with Crippen molar-refractivity contribution in [3.05, 3.63) is 76.0 Å². The number of halogens is 1. The highest BCUT2D eigenvalue weighted by Crippen LogP contribution is 2.43. The number of ether oxygens (including phenoxy) is 1. The van der Waals surface area contributed by atoms with Gasteiger partial charge in [-0.3, -0.25) is 4.79 Å². The van der Waals surface area contributed by atoms with Crippen molar-refractivity contribution in [1.82, 2.24) is 14.7 Å². The molecule has 4 atom stereocenters. The molecule has 0 bridgehead atoms. The zero-order valence-corrected chi connectivity index (χ0v) is 25.4. The predicted molar refractivity (Wildman–Crippen MR) is 167 cm³/mol. The molecule has 0 aromatic heterocycles. The van der Waals surface area contributed by atoms with Crippen LogP contribution in [0.15, 0.2) is 64.3 Å². The maximum absolute atomic E-state index is 12.4. The second kappa shape index (κ2) is 12.1. The van der Waals surface area contributed by atoms with Crippen molar-refractivity contribution in [2.24, 2.45) is 10.9 Å². The van der Waals surface area contributed by atoms with Crippen LogP contribution in [0.5, 0.6) is 0 Å². The smallest absolute Gasteiger partial charge is 0.246 e. The summed E-state index contributed by atoms with van der Waals surface area (Å²) in [7, 11) is 2.13. The quantitative estimate of drug-likeness (QED) is 0.450. The second-order valence-corrected chi connectivity index (χ2v) is 12.6. The zero-order valence-electron chi connectivity index (χ0n) is 24.7. The Morgan fingerprint density at radius 1 is 1.21 bits per heavy atom. The van der Waals surface area contributed by atoms with E-state index >= 15 is 0 Å². The van der Waals surface area contributed by atoms with Gasteiger partial charge in [-0.15, -0.1) is 0 Å². The number of piperazine rings is 1. The summed E-state index contributed by atoms with van der Waals surface area (Å²) in [5.74, 6) is 0.159. The van der Waals surface area contributed by atoms with E-state index in [-0.39, 0.29) is 23.9 Å². The molecule has 6 rings (SSSR count). The Bertz CT molecular complexity index is 1440. The largest absolute Gasteiger partial charge is 0.475 e. The minimum atomic E-state index is -0.245. The third-order valence-corrected chi connectivity index (χ3v) is 9.98. The molecule has 1 aromatic rings. The van der Waals surface area contributed by atoms with Crippen molar-refractivity contribution >= 4 is 29.0 Å². The molecule has 3 heterocycles. The van der Waals surface area contributed by atoms with Crippen LogP contribution in [-0.4, -0.2) is 84.5 Å². The van der Waals surface area contributed by atoms with Crippen LogP contribution in [0, 0.1) is 17.2 Å². The fraction of sp³-hybridized carbons (Fsp3) is 0.500. The van der Waals surface area contributed by atoms with Crippen molar-refractivity contribution in [3.63, 3.8) is 0 Å². The lowest BCUT2D eigenvalue weighted by Crippen LogP contribution is -2.55. The molecule has 8 heteroatoms. The molecule has 42 heavy (non-hydrogen) atoms. The third-order valence-electron chi connectivity index (χ3n) is 9.65. The number of nitriles is 1. The summed E-state index contributed by atoms with van der Waals surface area (Å²) >= 11 is 7.11. The Kier molecular flexibility index (Phi) is 8.29. The Hall–Kier alpha value is -3.34. The monoisotopic (exact) mass is 585 g/mol. The van der Waals surface area contributed by atoms with Crippen molar-refractivity contribution in [2.45, 2.75) is 63.6 Å². The van der Waals surface area contributed by atoms with Gasteiger partial charge in [0.25, 0.3) is 0 Å². The fourth-order valence-corrected chi connectivity index (χ4v) is 7.65. The highest BCUT2D eigenvalue weighted by atomic mass is 35.5. The number of aryl methyl sites for hydroxylation is 1. The Balaban J connectivity index is 1.39. The van der Waals surface area contributed by atoms with Gasteiger partial charge in [-0.05, 0) is 93.5 Å². The van der Waals surface area contributed by atoms with Crippen LogP contribution in [-0.2, 0) is 22.4 Å². The number of likely N-dealkylation sites (N-methyl/N-ethyl adjacent to an activating group) is 1. The SMILES string of the molecule is C=CC(=O)N1CCN(C2=C(C#N)C(OC[C@@H]3CCCN3C)=NC3C=C(c4cccc5c4CCCC5)C(Cl)=CC23)[C@@H](C)C1. The fourth-order valence-electron chi connectivity index (χ4n) is 7.35. The molecule has 220 valence electrons. The summed E-state index contributed by atoms with van der Waals surface area (Å²) < 4.78 is 6.42. The maximum Gasteiger partial charge on any atom is 0.246 e. The summed E-state index contributed by atoms with van der Waals surface area (Å²) in [6, 6.07) is 9.09. The van der Waals surface area contributed by atoms with E-state index in [9.17, 15) is 10.1 Å². The molecule has 2 fully saturated rings. The number of amides is 1.